The van der Waals surface area contributed by atoms with E-state index >= 15 is 0 Å². The maximum absolute atomic E-state index is 13.0. The number of carbonyl (C=O) groups excluding carboxylic acids is 1. The number of aryl methyl sites for hydroxylation is 1. The number of fused-ring (bicyclic) bond motifs is 2. The van der Waals surface area contributed by atoms with Gasteiger partial charge in [-0.15, -0.1) is 23.1 Å². The minimum atomic E-state index is -4.55. The van der Waals surface area contributed by atoms with Crippen LogP contribution in [0, 0.1) is 6.92 Å². The molecule has 3 aromatic rings. The zero-order valence-corrected chi connectivity index (χ0v) is 23.4. The Bertz CT molecular complexity index is 1320. The van der Waals surface area contributed by atoms with Gasteiger partial charge in [-0.2, -0.15) is 13.2 Å². The lowest BCUT2D eigenvalue weighted by molar-refractivity contribution is -0.145. The summed E-state index contributed by atoms with van der Waals surface area (Å²) < 4.78 is 45.1. The highest BCUT2D eigenvalue weighted by Gasteiger charge is 2.43. The van der Waals surface area contributed by atoms with Crippen LogP contribution < -0.4 is 5.32 Å². The van der Waals surface area contributed by atoms with Gasteiger partial charge in [-0.3, -0.25) is 14.7 Å². The second-order valence-electron chi connectivity index (χ2n) is 9.74. The summed E-state index contributed by atoms with van der Waals surface area (Å²) in [5.41, 5.74) is 2.57. The number of piperidine rings is 1. The molecule has 1 fully saturated rings. The molecule has 7 nitrogen and oxygen atoms in total. The van der Waals surface area contributed by atoms with Crippen LogP contribution in [0.1, 0.15) is 62.7 Å². The van der Waals surface area contributed by atoms with E-state index < -0.39 is 17.6 Å². The molecular formula is C27H30F3N5O2S2. The van der Waals surface area contributed by atoms with Crippen LogP contribution in [-0.2, 0) is 36.0 Å². The molecule has 3 aromatic heterocycles. The van der Waals surface area contributed by atoms with Crippen molar-refractivity contribution in [1.29, 1.82) is 0 Å². The summed E-state index contributed by atoms with van der Waals surface area (Å²) >= 11 is 3.23. The van der Waals surface area contributed by atoms with Gasteiger partial charge < -0.3 is 10.1 Å². The molecule has 0 bridgehead atoms. The zero-order chi connectivity index (χ0) is 27.6. The van der Waals surface area contributed by atoms with E-state index in [2.05, 4.69) is 32.1 Å². The highest BCUT2D eigenvalue weighted by Crippen LogP contribution is 2.45. The minimum absolute atomic E-state index is 0.117. The van der Waals surface area contributed by atoms with E-state index in [0.717, 1.165) is 59.1 Å². The van der Waals surface area contributed by atoms with Gasteiger partial charge in [0, 0.05) is 53.1 Å². The summed E-state index contributed by atoms with van der Waals surface area (Å²) in [6.07, 6.45) is 0.818. The highest BCUT2D eigenvalue weighted by molar-refractivity contribution is 7.99. The molecule has 0 aromatic carbocycles. The molecule has 0 radical (unpaired) electrons. The van der Waals surface area contributed by atoms with Gasteiger partial charge >= 0.3 is 6.18 Å². The summed E-state index contributed by atoms with van der Waals surface area (Å²) in [5, 5.41) is 2.99. The van der Waals surface area contributed by atoms with Crippen molar-refractivity contribution < 1.29 is 22.7 Å². The Morgan fingerprint density at radius 2 is 2.03 bits per heavy atom. The fourth-order valence-electron chi connectivity index (χ4n) is 5.03. The first-order chi connectivity index (χ1) is 18.7. The number of nitrogens with one attached hydrogen (secondary N) is 1. The summed E-state index contributed by atoms with van der Waals surface area (Å²) in [6.45, 7) is 6.57. The Labute approximate surface area is 233 Å². The molecule has 1 saturated heterocycles. The minimum Gasteiger partial charge on any atom is -0.369 e. The number of nitrogens with zero attached hydrogens (tertiary/aromatic N) is 4. The highest BCUT2D eigenvalue weighted by atomic mass is 32.2. The maximum atomic E-state index is 13.0. The normalized spacial score (nSPS) is 17.3. The van der Waals surface area contributed by atoms with Gasteiger partial charge in [0.25, 0.3) is 5.91 Å². The van der Waals surface area contributed by atoms with Crippen molar-refractivity contribution in [2.75, 3.05) is 25.4 Å². The van der Waals surface area contributed by atoms with Crippen LogP contribution in [0.3, 0.4) is 0 Å². The molecule has 12 heteroatoms. The topological polar surface area (TPSA) is 80.2 Å². The van der Waals surface area contributed by atoms with Gasteiger partial charge in [-0.1, -0.05) is 6.92 Å². The number of thiophene rings is 1. The molecular weight excluding hydrogens is 547 g/mol. The summed E-state index contributed by atoms with van der Waals surface area (Å²) in [6, 6.07) is 5.95. The lowest BCUT2D eigenvalue weighted by atomic mass is 9.85. The lowest BCUT2D eigenvalue weighted by Gasteiger charge is -2.43. The van der Waals surface area contributed by atoms with Crippen LogP contribution in [0.5, 0.6) is 0 Å². The van der Waals surface area contributed by atoms with Crippen molar-refractivity contribution in [3.05, 3.63) is 68.7 Å². The molecule has 39 heavy (non-hydrogen) atoms. The number of likely N-dealkylation sites (tertiary alicyclic amines) is 1. The Morgan fingerprint density at radius 3 is 2.69 bits per heavy atom. The van der Waals surface area contributed by atoms with Crippen molar-refractivity contribution in [1.82, 2.24) is 25.2 Å². The third kappa shape index (κ3) is 6.29. The smallest absolute Gasteiger partial charge is 0.369 e. The van der Waals surface area contributed by atoms with E-state index in [1.165, 1.54) is 17.5 Å². The summed E-state index contributed by atoms with van der Waals surface area (Å²) in [4.78, 5) is 29.7. The first-order valence-corrected chi connectivity index (χ1v) is 14.7. The molecule has 0 atom stereocenters. The number of alkyl halides is 3. The number of carbonyl (C=O) groups is 1. The number of hydrogen-bond donors (Lipinski definition) is 1. The molecule has 5 heterocycles. The number of amides is 1. The molecule has 0 aliphatic carbocycles. The van der Waals surface area contributed by atoms with Crippen LogP contribution in [0.25, 0.3) is 0 Å². The largest absolute Gasteiger partial charge is 0.451 e. The predicted octanol–water partition coefficient (Wildman–Crippen LogP) is 5.37. The molecule has 0 saturated carbocycles. The Balaban J connectivity index is 1.21. The molecule has 2 aliphatic heterocycles. The second-order valence-corrected chi connectivity index (χ2v) is 12.1. The van der Waals surface area contributed by atoms with E-state index in [1.807, 2.05) is 24.4 Å². The van der Waals surface area contributed by atoms with Gasteiger partial charge in [-0.05, 0) is 55.7 Å². The number of thioether (sulfide) groups is 1. The molecule has 2 aliphatic rings. The summed E-state index contributed by atoms with van der Waals surface area (Å²) in [5.74, 6) is -0.242. The Morgan fingerprint density at radius 1 is 1.23 bits per heavy atom. The first kappa shape index (κ1) is 28.0. The Kier molecular flexibility index (Phi) is 8.27. The quantitative estimate of drug-likeness (QED) is 0.379. The van der Waals surface area contributed by atoms with Gasteiger partial charge in [0.2, 0.25) is 5.82 Å². The SMILES string of the molecule is CCSc1ccc(CNC(=O)c2cc3c(s2)C2(CCN(Cc4cnc(C(F)(F)F)nc4C)CC2)OCC3)nc1. The monoisotopic (exact) mass is 577 g/mol. The van der Waals surface area contributed by atoms with Crippen molar-refractivity contribution in [2.45, 2.75) is 62.9 Å². The van der Waals surface area contributed by atoms with Crippen molar-refractivity contribution in [2.24, 2.45) is 0 Å². The van der Waals surface area contributed by atoms with Crippen LogP contribution in [0.15, 0.2) is 35.5 Å². The second kappa shape index (κ2) is 11.5. The third-order valence-electron chi connectivity index (χ3n) is 7.13. The van der Waals surface area contributed by atoms with Crippen LogP contribution in [0.2, 0.25) is 0 Å². The fraction of sp³-hybridized carbons (Fsp3) is 0.481. The first-order valence-electron chi connectivity index (χ1n) is 12.9. The average Bonchev–Trinajstić information content (AvgIpc) is 3.36. The fourth-order valence-corrected chi connectivity index (χ4v) is 6.98. The van der Waals surface area contributed by atoms with Crippen LogP contribution in [-0.4, -0.2) is 51.2 Å². The van der Waals surface area contributed by atoms with E-state index in [9.17, 15) is 18.0 Å². The maximum Gasteiger partial charge on any atom is 0.451 e. The van der Waals surface area contributed by atoms with E-state index in [-0.39, 0.29) is 5.91 Å². The number of pyridine rings is 1. The van der Waals surface area contributed by atoms with Gasteiger partial charge in [-0.25, -0.2) is 9.97 Å². The predicted molar refractivity (Wildman–Crippen MR) is 144 cm³/mol. The van der Waals surface area contributed by atoms with Gasteiger partial charge in [0.1, 0.15) is 5.60 Å². The number of ether oxygens (including phenoxy) is 1. The third-order valence-corrected chi connectivity index (χ3v) is 9.35. The van der Waals surface area contributed by atoms with Crippen molar-refractivity contribution in [3.8, 4) is 0 Å². The molecule has 208 valence electrons. The molecule has 0 unspecified atom stereocenters. The lowest BCUT2D eigenvalue weighted by Crippen LogP contribution is -2.45. The average molecular weight is 578 g/mol. The number of hydrogen-bond acceptors (Lipinski definition) is 8. The van der Waals surface area contributed by atoms with E-state index in [0.29, 0.717) is 35.8 Å². The van der Waals surface area contributed by atoms with Crippen molar-refractivity contribution in [3.63, 3.8) is 0 Å². The standard InChI is InChI=1S/C27H30F3N5O2S2/c1-3-38-21-5-4-20(31-15-21)14-32-24(36)22-12-18-6-11-37-26(23(18)39-22)7-9-35(10-8-26)16-19-13-33-25(27(28,29)30)34-17(19)2/h4-5,12-13,15H,3,6-11,14,16H2,1-2H3,(H,32,36). The van der Waals surface area contributed by atoms with E-state index in [1.54, 1.807) is 18.7 Å². The Hall–Kier alpha value is -2.54. The summed E-state index contributed by atoms with van der Waals surface area (Å²) in [7, 11) is 0. The van der Waals surface area contributed by atoms with Crippen LogP contribution in [0.4, 0.5) is 13.2 Å². The number of rotatable bonds is 7. The van der Waals surface area contributed by atoms with E-state index in [4.69, 9.17) is 4.74 Å². The van der Waals surface area contributed by atoms with Crippen molar-refractivity contribution >= 4 is 29.0 Å². The molecule has 1 spiro atoms. The van der Waals surface area contributed by atoms with Crippen LogP contribution >= 0.6 is 23.1 Å². The van der Waals surface area contributed by atoms with Gasteiger partial charge in [0.05, 0.1) is 23.7 Å². The molecule has 5 rings (SSSR count). The zero-order valence-electron chi connectivity index (χ0n) is 21.8. The molecule has 1 N–H and O–H groups in total. The number of aromatic nitrogens is 3. The molecule has 1 amide bonds. The van der Waals surface area contributed by atoms with Gasteiger partial charge in [0.15, 0.2) is 0 Å². The number of halogens is 3.